The number of rotatable bonds is 5. The predicted octanol–water partition coefficient (Wildman–Crippen LogP) is 3.52. The van der Waals surface area contributed by atoms with Gasteiger partial charge >= 0.3 is 0 Å². The molecule has 10 nitrogen and oxygen atoms in total. The Labute approximate surface area is 210 Å². The fraction of sp³-hybridized carbons (Fsp3) is 0.500. The summed E-state index contributed by atoms with van der Waals surface area (Å²) in [6, 6.07) is 6.88. The van der Waals surface area contributed by atoms with Crippen LogP contribution in [0.25, 0.3) is 21.9 Å². The standard InChI is InChI=1S/C26H33N9O/c1-33(2)17-10-13-34(14-11-17)24-8-7-23(31-32-24)29-26-28-15-21-20-9-12-27-16-22(20)35(25(21)30-26)18-3-5-19(36)6-4-18/h7-9,12,15-19,36H,3-6,10-11,13-14H2,1-2H3,(H,28,29,30,31)/t18-,19-. The smallest absolute Gasteiger partial charge is 0.230 e. The van der Waals surface area contributed by atoms with Gasteiger partial charge in [-0.3, -0.25) is 4.98 Å². The molecule has 2 N–H and O–H groups in total. The molecule has 1 saturated heterocycles. The molecule has 10 heteroatoms. The lowest BCUT2D eigenvalue weighted by atomic mass is 9.93. The van der Waals surface area contributed by atoms with E-state index in [4.69, 9.17) is 4.98 Å². The lowest BCUT2D eigenvalue weighted by molar-refractivity contribution is 0.112. The van der Waals surface area contributed by atoms with Gasteiger partial charge in [-0.25, -0.2) is 4.98 Å². The largest absolute Gasteiger partial charge is 0.393 e. The van der Waals surface area contributed by atoms with Gasteiger partial charge in [0.15, 0.2) is 11.6 Å². The van der Waals surface area contributed by atoms with Crippen LogP contribution < -0.4 is 10.2 Å². The Balaban J connectivity index is 1.25. The van der Waals surface area contributed by atoms with Crippen molar-refractivity contribution in [3.8, 4) is 0 Å². The van der Waals surface area contributed by atoms with E-state index in [-0.39, 0.29) is 12.1 Å². The number of piperidine rings is 1. The highest BCUT2D eigenvalue weighted by Gasteiger charge is 2.25. The Morgan fingerprint density at radius 1 is 0.944 bits per heavy atom. The number of hydrogen-bond donors (Lipinski definition) is 2. The Kier molecular flexibility index (Phi) is 6.14. The van der Waals surface area contributed by atoms with Gasteiger partial charge in [-0.05, 0) is 70.8 Å². The molecule has 0 spiro atoms. The molecule has 1 aliphatic heterocycles. The van der Waals surface area contributed by atoms with Crippen molar-refractivity contribution in [1.82, 2.24) is 34.6 Å². The summed E-state index contributed by atoms with van der Waals surface area (Å²) in [6.07, 6.45) is 11.1. The van der Waals surface area contributed by atoms with E-state index in [9.17, 15) is 5.11 Å². The Morgan fingerprint density at radius 3 is 2.47 bits per heavy atom. The average molecular weight is 488 g/mol. The lowest BCUT2D eigenvalue weighted by Crippen LogP contribution is -2.42. The SMILES string of the molecule is CN(C)C1CCN(c2ccc(Nc3ncc4c5ccncc5n([C@H]5CC[C@H](O)CC5)c4n3)nn2)CC1. The molecule has 0 atom stereocenters. The van der Waals surface area contributed by atoms with Gasteiger partial charge in [-0.2, -0.15) is 4.98 Å². The van der Waals surface area contributed by atoms with Crippen LogP contribution in [-0.2, 0) is 0 Å². The highest BCUT2D eigenvalue weighted by molar-refractivity contribution is 6.06. The number of aliphatic hydroxyl groups excluding tert-OH is 1. The number of nitrogens with zero attached hydrogens (tertiary/aromatic N) is 8. The van der Waals surface area contributed by atoms with Gasteiger partial charge < -0.3 is 24.8 Å². The first kappa shape index (κ1) is 23.1. The minimum Gasteiger partial charge on any atom is -0.393 e. The molecule has 4 aromatic rings. The van der Waals surface area contributed by atoms with Gasteiger partial charge in [0.1, 0.15) is 5.65 Å². The molecule has 0 bridgehead atoms. The van der Waals surface area contributed by atoms with E-state index in [1.165, 1.54) is 0 Å². The van der Waals surface area contributed by atoms with E-state index in [0.29, 0.717) is 17.8 Å². The van der Waals surface area contributed by atoms with Crippen LogP contribution in [0.15, 0.2) is 36.8 Å². The van der Waals surface area contributed by atoms with Crippen molar-refractivity contribution in [2.24, 2.45) is 0 Å². The van der Waals surface area contributed by atoms with Crippen molar-refractivity contribution in [3.05, 3.63) is 36.8 Å². The molecular weight excluding hydrogens is 454 g/mol. The first-order valence-corrected chi connectivity index (χ1v) is 12.9. The van der Waals surface area contributed by atoms with Crippen molar-refractivity contribution < 1.29 is 5.11 Å². The van der Waals surface area contributed by atoms with Crippen LogP contribution in [0.4, 0.5) is 17.6 Å². The Morgan fingerprint density at radius 2 is 1.75 bits per heavy atom. The summed E-state index contributed by atoms with van der Waals surface area (Å²) in [4.78, 5) is 18.5. The Hall–Kier alpha value is -3.37. The van der Waals surface area contributed by atoms with Crippen LogP contribution in [0.3, 0.4) is 0 Å². The van der Waals surface area contributed by atoms with Crippen molar-refractivity contribution in [3.63, 3.8) is 0 Å². The third-order valence-electron chi connectivity index (χ3n) is 7.79. The maximum Gasteiger partial charge on any atom is 0.230 e. The van der Waals surface area contributed by atoms with E-state index >= 15 is 0 Å². The number of hydrogen-bond acceptors (Lipinski definition) is 9. The average Bonchev–Trinajstić information content (AvgIpc) is 3.23. The molecule has 6 rings (SSSR count). The summed E-state index contributed by atoms with van der Waals surface area (Å²) in [7, 11) is 4.30. The van der Waals surface area contributed by atoms with Gasteiger partial charge in [0.2, 0.25) is 5.95 Å². The van der Waals surface area contributed by atoms with Crippen molar-refractivity contribution >= 4 is 39.5 Å². The summed E-state index contributed by atoms with van der Waals surface area (Å²) in [5.74, 6) is 2.01. The minimum absolute atomic E-state index is 0.208. The highest BCUT2D eigenvalue weighted by Crippen LogP contribution is 2.36. The van der Waals surface area contributed by atoms with Crippen molar-refractivity contribution in [2.75, 3.05) is 37.4 Å². The lowest BCUT2D eigenvalue weighted by Gasteiger charge is -2.35. The third kappa shape index (κ3) is 4.35. The summed E-state index contributed by atoms with van der Waals surface area (Å²) in [5.41, 5.74) is 1.94. The number of aliphatic hydroxyl groups is 1. The molecule has 1 saturated carbocycles. The van der Waals surface area contributed by atoms with Gasteiger partial charge in [-0.15, -0.1) is 10.2 Å². The molecular formula is C26H33N9O. The summed E-state index contributed by atoms with van der Waals surface area (Å²) < 4.78 is 2.28. The summed E-state index contributed by atoms with van der Waals surface area (Å²) in [6.45, 7) is 1.98. The highest BCUT2D eigenvalue weighted by atomic mass is 16.3. The van der Waals surface area contributed by atoms with E-state index in [1.807, 2.05) is 36.8 Å². The van der Waals surface area contributed by atoms with Gasteiger partial charge in [0.25, 0.3) is 0 Å². The molecule has 1 aliphatic carbocycles. The summed E-state index contributed by atoms with van der Waals surface area (Å²) >= 11 is 0. The normalized spacial score (nSPS) is 21.5. The van der Waals surface area contributed by atoms with E-state index in [0.717, 1.165) is 79.4 Å². The number of pyridine rings is 1. The molecule has 2 aliphatic rings. The van der Waals surface area contributed by atoms with Crippen LogP contribution in [-0.4, -0.2) is 79.1 Å². The van der Waals surface area contributed by atoms with Crippen molar-refractivity contribution in [1.29, 1.82) is 0 Å². The minimum atomic E-state index is -0.208. The quantitative estimate of drug-likeness (QED) is 0.437. The first-order chi connectivity index (χ1) is 17.6. The van der Waals surface area contributed by atoms with Crippen LogP contribution in [0.2, 0.25) is 0 Å². The number of aromatic nitrogens is 6. The predicted molar refractivity (Wildman–Crippen MR) is 141 cm³/mol. The fourth-order valence-electron chi connectivity index (χ4n) is 5.70. The Bertz CT molecular complexity index is 1340. The zero-order chi connectivity index (χ0) is 24.6. The van der Waals surface area contributed by atoms with Gasteiger partial charge in [0.05, 0.1) is 17.8 Å². The van der Waals surface area contributed by atoms with Gasteiger partial charge in [0, 0.05) is 48.3 Å². The fourth-order valence-corrected chi connectivity index (χ4v) is 5.70. The number of nitrogens with one attached hydrogen (secondary N) is 1. The molecule has 5 heterocycles. The topological polar surface area (TPSA) is 108 Å². The molecule has 0 unspecified atom stereocenters. The van der Waals surface area contributed by atoms with E-state index < -0.39 is 0 Å². The zero-order valence-electron chi connectivity index (χ0n) is 20.9. The van der Waals surface area contributed by atoms with E-state index in [1.54, 1.807) is 0 Å². The molecule has 0 aromatic carbocycles. The van der Waals surface area contributed by atoms with Crippen LogP contribution in [0.1, 0.15) is 44.6 Å². The molecule has 4 aromatic heterocycles. The van der Waals surface area contributed by atoms with Crippen LogP contribution in [0.5, 0.6) is 0 Å². The first-order valence-electron chi connectivity index (χ1n) is 12.9. The molecule has 0 radical (unpaired) electrons. The maximum atomic E-state index is 10.0. The molecule has 0 amide bonds. The van der Waals surface area contributed by atoms with Crippen molar-refractivity contribution in [2.45, 2.75) is 56.7 Å². The second kappa shape index (κ2) is 9.59. The maximum absolute atomic E-state index is 10.0. The monoisotopic (exact) mass is 487 g/mol. The van der Waals surface area contributed by atoms with E-state index in [2.05, 4.69) is 53.9 Å². The number of fused-ring (bicyclic) bond motifs is 3. The second-order valence-electron chi connectivity index (χ2n) is 10.2. The molecule has 188 valence electrons. The second-order valence-corrected chi connectivity index (χ2v) is 10.2. The zero-order valence-corrected chi connectivity index (χ0v) is 20.9. The molecule has 2 fully saturated rings. The third-order valence-corrected chi connectivity index (χ3v) is 7.79. The van der Waals surface area contributed by atoms with Crippen LogP contribution >= 0.6 is 0 Å². The van der Waals surface area contributed by atoms with Gasteiger partial charge in [-0.1, -0.05) is 0 Å². The number of anilines is 3. The van der Waals surface area contributed by atoms with Crippen LogP contribution in [0, 0.1) is 0 Å². The summed E-state index contributed by atoms with van der Waals surface area (Å²) in [5, 5.41) is 24.2. The molecule has 36 heavy (non-hydrogen) atoms.